The van der Waals surface area contributed by atoms with Gasteiger partial charge in [-0.25, -0.2) is 9.78 Å². The number of benzene rings is 1. The van der Waals surface area contributed by atoms with Crippen LogP contribution >= 0.6 is 0 Å². The third-order valence-electron chi connectivity index (χ3n) is 3.87. The lowest BCUT2D eigenvalue weighted by molar-refractivity contribution is -0.142. The van der Waals surface area contributed by atoms with Crippen molar-refractivity contribution in [2.75, 3.05) is 0 Å². The molecule has 2 heterocycles. The monoisotopic (exact) mass is 327 g/mol. The number of para-hydroxylation sites is 2. The number of aromatic amines is 1. The number of hydrogen-bond acceptors (Lipinski definition) is 4. The van der Waals surface area contributed by atoms with E-state index in [-0.39, 0.29) is 6.54 Å². The van der Waals surface area contributed by atoms with E-state index in [0.717, 1.165) is 11.0 Å². The topological polar surface area (TPSA) is 113 Å². The highest BCUT2D eigenvalue weighted by Crippen LogP contribution is 2.20. The van der Waals surface area contributed by atoms with Crippen molar-refractivity contribution >= 4 is 22.9 Å². The SMILES string of the molecule is Cc1n[nH]c(C)c1C(NC(=O)Cn1cnc2ccccc21)C(=O)O. The molecule has 24 heavy (non-hydrogen) atoms. The number of amides is 1. The predicted octanol–water partition coefficient (Wildman–Crippen LogP) is 1.32. The van der Waals surface area contributed by atoms with E-state index >= 15 is 0 Å². The maximum Gasteiger partial charge on any atom is 0.331 e. The van der Waals surface area contributed by atoms with Crippen molar-refractivity contribution in [1.29, 1.82) is 0 Å². The number of carboxylic acids is 1. The molecule has 0 saturated heterocycles. The van der Waals surface area contributed by atoms with Crippen LogP contribution in [0, 0.1) is 13.8 Å². The van der Waals surface area contributed by atoms with Crippen molar-refractivity contribution < 1.29 is 14.7 Å². The first kappa shape index (κ1) is 15.7. The van der Waals surface area contributed by atoms with Crippen molar-refractivity contribution in [3.8, 4) is 0 Å². The summed E-state index contributed by atoms with van der Waals surface area (Å²) in [6.45, 7) is 3.41. The minimum Gasteiger partial charge on any atom is -0.479 e. The van der Waals surface area contributed by atoms with Crippen molar-refractivity contribution in [1.82, 2.24) is 25.1 Å². The second-order valence-corrected chi connectivity index (χ2v) is 5.55. The average Bonchev–Trinajstić information content (AvgIpc) is 3.09. The largest absolute Gasteiger partial charge is 0.479 e. The molecule has 0 fully saturated rings. The Morgan fingerprint density at radius 3 is 2.75 bits per heavy atom. The van der Waals surface area contributed by atoms with Crippen molar-refractivity contribution in [3.63, 3.8) is 0 Å². The summed E-state index contributed by atoms with van der Waals surface area (Å²) in [5.41, 5.74) is 3.24. The molecular weight excluding hydrogens is 310 g/mol. The minimum absolute atomic E-state index is 0.0137. The zero-order chi connectivity index (χ0) is 17.3. The van der Waals surface area contributed by atoms with E-state index in [1.54, 1.807) is 24.7 Å². The Bertz CT molecular complexity index is 892. The molecule has 8 heteroatoms. The fraction of sp³-hybridized carbons (Fsp3) is 0.250. The summed E-state index contributed by atoms with van der Waals surface area (Å²) in [6.07, 6.45) is 1.56. The second kappa shape index (κ2) is 6.15. The van der Waals surface area contributed by atoms with Gasteiger partial charge in [-0.15, -0.1) is 0 Å². The molecular formula is C16H17N5O3. The molecule has 1 unspecified atom stereocenters. The van der Waals surface area contributed by atoms with E-state index in [1.165, 1.54) is 0 Å². The van der Waals surface area contributed by atoms with Crippen LogP contribution in [0.15, 0.2) is 30.6 Å². The summed E-state index contributed by atoms with van der Waals surface area (Å²) < 4.78 is 1.68. The number of rotatable bonds is 5. The normalized spacial score (nSPS) is 12.2. The van der Waals surface area contributed by atoms with Gasteiger partial charge in [0, 0.05) is 11.3 Å². The summed E-state index contributed by atoms with van der Waals surface area (Å²) in [7, 11) is 0. The fourth-order valence-electron chi connectivity index (χ4n) is 2.74. The summed E-state index contributed by atoms with van der Waals surface area (Å²) in [5, 5.41) is 18.7. The molecule has 1 aromatic carbocycles. The van der Waals surface area contributed by atoms with E-state index in [0.29, 0.717) is 17.0 Å². The Balaban J connectivity index is 1.81. The van der Waals surface area contributed by atoms with Crippen LogP contribution in [0.2, 0.25) is 0 Å². The van der Waals surface area contributed by atoms with E-state index in [2.05, 4.69) is 20.5 Å². The molecule has 0 spiro atoms. The molecule has 0 saturated carbocycles. The lowest BCUT2D eigenvalue weighted by Crippen LogP contribution is -2.36. The molecule has 8 nitrogen and oxygen atoms in total. The lowest BCUT2D eigenvalue weighted by Gasteiger charge is -2.15. The Labute approximate surface area is 137 Å². The summed E-state index contributed by atoms with van der Waals surface area (Å²) in [6, 6.07) is 6.28. The van der Waals surface area contributed by atoms with Crippen LogP contribution in [0.1, 0.15) is 23.0 Å². The van der Waals surface area contributed by atoms with Gasteiger partial charge in [0.1, 0.15) is 6.54 Å². The number of carbonyl (C=O) groups is 2. The number of nitrogens with zero attached hydrogens (tertiary/aromatic N) is 3. The molecule has 3 aromatic rings. The van der Waals surface area contributed by atoms with Gasteiger partial charge in [-0.1, -0.05) is 12.1 Å². The zero-order valence-corrected chi connectivity index (χ0v) is 13.3. The second-order valence-electron chi connectivity index (χ2n) is 5.55. The standard InChI is InChI=1S/C16H17N5O3/c1-9-14(10(2)20-19-9)15(16(23)24)18-13(22)7-21-8-17-11-5-3-4-6-12(11)21/h3-6,8,15H,7H2,1-2H3,(H,18,22)(H,19,20)(H,23,24). The van der Waals surface area contributed by atoms with E-state index in [4.69, 9.17) is 0 Å². The maximum absolute atomic E-state index is 12.3. The van der Waals surface area contributed by atoms with Gasteiger partial charge in [-0.2, -0.15) is 5.10 Å². The third-order valence-corrected chi connectivity index (χ3v) is 3.87. The Hall–Kier alpha value is -3.16. The molecule has 0 bridgehead atoms. The molecule has 0 aliphatic rings. The van der Waals surface area contributed by atoms with Gasteiger partial charge < -0.3 is 15.0 Å². The molecule has 1 atom stereocenters. The molecule has 1 amide bonds. The first-order valence-electron chi connectivity index (χ1n) is 7.41. The van der Waals surface area contributed by atoms with Gasteiger partial charge in [0.25, 0.3) is 0 Å². The van der Waals surface area contributed by atoms with Gasteiger partial charge in [0.15, 0.2) is 6.04 Å². The third kappa shape index (κ3) is 2.85. The minimum atomic E-state index is -1.15. The average molecular weight is 327 g/mol. The van der Waals surface area contributed by atoms with Crippen molar-refractivity contribution in [2.45, 2.75) is 26.4 Å². The van der Waals surface area contributed by atoms with Gasteiger partial charge in [-0.05, 0) is 26.0 Å². The maximum atomic E-state index is 12.3. The number of fused-ring (bicyclic) bond motifs is 1. The van der Waals surface area contributed by atoms with Crippen LogP contribution in [0.3, 0.4) is 0 Å². The number of imidazole rings is 1. The number of aliphatic carboxylic acids is 1. The smallest absolute Gasteiger partial charge is 0.331 e. The van der Waals surface area contributed by atoms with Crippen LogP contribution in [-0.2, 0) is 16.1 Å². The molecule has 3 N–H and O–H groups in total. The first-order chi connectivity index (χ1) is 11.5. The number of carbonyl (C=O) groups excluding carboxylic acids is 1. The van der Waals surface area contributed by atoms with Crippen LogP contribution < -0.4 is 5.32 Å². The van der Waals surface area contributed by atoms with Crippen molar-refractivity contribution in [3.05, 3.63) is 47.5 Å². The highest BCUT2D eigenvalue weighted by Gasteiger charge is 2.27. The Morgan fingerprint density at radius 1 is 1.33 bits per heavy atom. The highest BCUT2D eigenvalue weighted by molar-refractivity contribution is 5.86. The molecule has 0 radical (unpaired) electrons. The highest BCUT2D eigenvalue weighted by atomic mass is 16.4. The van der Waals surface area contributed by atoms with E-state index in [1.807, 2.05) is 24.3 Å². The number of aryl methyl sites for hydroxylation is 2. The molecule has 124 valence electrons. The zero-order valence-electron chi connectivity index (χ0n) is 13.3. The number of H-pyrrole nitrogens is 1. The molecule has 0 aliphatic heterocycles. The van der Waals surface area contributed by atoms with Crippen LogP contribution in [0.25, 0.3) is 11.0 Å². The first-order valence-corrected chi connectivity index (χ1v) is 7.41. The number of carboxylic acid groups (broad SMARTS) is 1. The Kier molecular flexibility index (Phi) is 4.03. The van der Waals surface area contributed by atoms with Crippen LogP contribution in [0.5, 0.6) is 0 Å². The summed E-state index contributed by atoms with van der Waals surface area (Å²) in [5.74, 6) is -1.54. The summed E-state index contributed by atoms with van der Waals surface area (Å²) in [4.78, 5) is 28.1. The van der Waals surface area contributed by atoms with Gasteiger partial charge in [-0.3, -0.25) is 9.89 Å². The van der Waals surface area contributed by atoms with Gasteiger partial charge in [0.05, 0.1) is 23.1 Å². The molecule has 3 rings (SSSR count). The quantitative estimate of drug-likeness (QED) is 0.654. The van der Waals surface area contributed by atoms with E-state index < -0.39 is 17.9 Å². The van der Waals surface area contributed by atoms with Gasteiger partial charge in [0.2, 0.25) is 5.91 Å². The fourth-order valence-corrected chi connectivity index (χ4v) is 2.74. The summed E-state index contributed by atoms with van der Waals surface area (Å²) >= 11 is 0. The number of aromatic nitrogens is 4. The Morgan fingerprint density at radius 2 is 2.08 bits per heavy atom. The van der Waals surface area contributed by atoms with Crippen LogP contribution in [0.4, 0.5) is 0 Å². The molecule has 0 aliphatic carbocycles. The van der Waals surface area contributed by atoms with Crippen molar-refractivity contribution in [2.24, 2.45) is 0 Å². The lowest BCUT2D eigenvalue weighted by atomic mass is 10.1. The number of nitrogens with one attached hydrogen (secondary N) is 2. The van der Waals surface area contributed by atoms with Crippen LogP contribution in [-0.4, -0.2) is 36.7 Å². The molecule has 2 aromatic heterocycles. The van der Waals surface area contributed by atoms with E-state index in [9.17, 15) is 14.7 Å². The number of hydrogen-bond donors (Lipinski definition) is 3. The predicted molar refractivity (Wildman–Crippen MR) is 86.3 cm³/mol. The van der Waals surface area contributed by atoms with Gasteiger partial charge >= 0.3 is 5.97 Å².